The van der Waals surface area contributed by atoms with Crippen molar-refractivity contribution in [3.63, 3.8) is 0 Å². The van der Waals surface area contributed by atoms with Gasteiger partial charge in [-0.25, -0.2) is 0 Å². The maximum atomic E-state index is 12.0. The first-order chi connectivity index (χ1) is 16.7. The van der Waals surface area contributed by atoms with E-state index in [-0.39, 0.29) is 10.6 Å². The molecular weight excluding hydrogens is 420 g/mol. The van der Waals surface area contributed by atoms with Crippen molar-refractivity contribution in [1.82, 2.24) is 4.57 Å². The van der Waals surface area contributed by atoms with E-state index in [0.29, 0.717) is 5.56 Å². The molecule has 1 aromatic heterocycles. The molecule has 0 spiro atoms. The first kappa shape index (κ1) is 19.9. The van der Waals surface area contributed by atoms with E-state index < -0.39 is 0 Å². The monoisotopic (exact) mass is 440 g/mol. The molecule has 0 atom stereocenters. The van der Waals surface area contributed by atoms with Crippen LogP contribution in [0.5, 0.6) is 0 Å². The van der Waals surface area contributed by atoms with Crippen LogP contribution in [0.1, 0.15) is 0 Å². The fourth-order valence-corrected chi connectivity index (χ4v) is 4.63. The van der Waals surface area contributed by atoms with Crippen LogP contribution in [0.25, 0.3) is 49.5 Å². The molecule has 0 aliphatic rings. The van der Waals surface area contributed by atoms with Crippen LogP contribution < -0.4 is 0 Å². The molecule has 4 heteroatoms. The zero-order valence-electron chi connectivity index (χ0n) is 18.3. The molecule has 4 nitrogen and oxygen atoms in total. The third-order valence-electron chi connectivity index (χ3n) is 6.29. The Labute approximate surface area is 196 Å². The standard InChI is InChI=1S/C30H20N2O2/c33-32(34)30-15-14-22(21-8-3-1-4-9-21)17-29(30)27-13-7-10-23-16-24-19-31(20-25(24)18-28(23)27)26-11-5-2-6-12-26/h1-20H. The molecule has 0 saturated heterocycles. The highest BCUT2D eigenvalue weighted by Gasteiger charge is 2.19. The number of aromatic nitrogens is 1. The Balaban J connectivity index is 1.57. The van der Waals surface area contributed by atoms with Crippen LogP contribution >= 0.6 is 0 Å². The summed E-state index contributed by atoms with van der Waals surface area (Å²) in [4.78, 5) is 11.7. The Morgan fingerprint density at radius 3 is 2.03 bits per heavy atom. The molecule has 34 heavy (non-hydrogen) atoms. The second kappa shape index (κ2) is 8.01. The average molecular weight is 441 g/mol. The zero-order valence-corrected chi connectivity index (χ0v) is 18.3. The van der Waals surface area contributed by atoms with Crippen LogP contribution in [0.15, 0.2) is 122 Å². The lowest BCUT2D eigenvalue weighted by Crippen LogP contribution is -1.93. The van der Waals surface area contributed by atoms with E-state index in [9.17, 15) is 10.1 Å². The molecule has 6 aromatic rings. The molecule has 0 amide bonds. The Hall–Kier alpha value is -4.70. The van der Waals surface area contributed by atoms with Gasteiger partial charge in [-0.05, 0) is 63.9 Å². The van der Waals surface area contributed by atoms with Gasteiger partial charge in [0.2, 0.25) is 0 Å². The zero-order chi connectivity index (χ0) is 23.1. The normalized spacial score (nSPS) is 11.2. The molecule has 0 fully saturated rings. The smallest absolute Gasteiger partial charge is 0.277 e. The van der Waals surface area contributed by atoms with Gasteiger partial charge in [0.05, 0.1) is 10.5 Å². The molecule has 0 bridgehead atoms. The minimum atomic E-state index is -0.298. The summed E-state index contributed by atoms with van der Waals surface area (Å²) < 4.78 is 2.11. The van der Waals surface area contributed by atoms with E-state index >= 15 is 0 Å². The van der Waals surface area contributed by atoms with Crippen molar-refractivity contribution in [2.45, 2.75) is 0 Å². The SMILES string of the molecule is O=[N+]([O-])c1ccc(-c2ccccc2)cc1-c1cccc2cc3cn(-c4ccccc4)cc3cc12. The van der Waals surface area contributed by atoms with Gasteiger partial charge in [-0.3, -0.25) is 10.1 Å². The molecule has 6 rings (SSSR count). The Morgan fingerprint density at radius 2 is 1.29 bits per heavy atom. The minimum Gasteiger partial charge on any atom is -0.323 e. The minimum absolute atomic E-state index is 0.106. The number of hydrogen-bond donors (Lipinski definition) is 0. The molecule has 0 unspecified atom stereocenters. The van der Waals surface area contributed by atoms with Crippen molar-refractivity contribution in [3.8, 4) is 27.9 Å². The lowest BCUT2D eigenvalue weighted by Gasteiger charge is -2.10. The number of nitro benzene ring substituents is 1. The second-order valence-electron chi connectivity index (χ2n) is 8.36. The third kappa shape index (κ3) is 3.42. The quantitative estimate of drug-likeness (QED) is 0.206. The van der Waals surface area contributed by atoms with Crippen LogP contribution in [0.3, 0.4) is 0 Å². The molecule has 0 radical (unpaired) electrons. The number of para-hydroxylation sites is 1. The van der Waals surface area contributed by atoms with E-state index in [4.69, 9.17) is 0 Å². The van der Waals surface area contributed by atoms with Crippen LogP contribution in [-0.2, 0) is 0 Å². The van der Waals surface area contributed by atoms with Gasteiger partial charge in [0.15, 0.2) is 0 Å². The van der Waals surface area contributed by atoms with E-state index in [1.54, 1.807) is 6.07 Å². The highest BCUT2D eigenvalue weighted by Crippen LogP contribution is 2.39. The first-order valence-corrected chi connectivity index (χ1v) is 11.1. The van der Waals surface area contributed by atoms with E-state index in [1.165, 1.54) is 0 Å². The van der Waals surface area contributed by atoms with Gasteiger partial charge in [-0.1, -0.05) is 66.7 Å². The number of nitrogens with zero attached hydrogens (tertiary/aromatic N) is 2. The van der Waals surface area contributed by atoms with Crippen molar-refractivity contribution in [1.29, 1.82) is 0 Å². The van der Waals surface area contributed by atoms with Crippen LogP contribution in [-0.4, -0.2) is 9.49 Å². The van der Waals surface area contributed by atoms with Crippen molar-refractivity contribution in [2.24, 2.45) is 0 Å². The lowest BCUT2D eigenvalue weighted by atomic mass is 9.93. The summed E-state index contributed by atoms with van der Waals surface area (Å²) in [6, 6.07) is 35.8. The van der Waals surface area contributed by atoms with Gasteiger partial charge in [-0.2, -0.15) is 0 Å². The summed E-state index contributed by atoms with van der Waals surface area (Å²) in [5, 5.41) is 16.2. The second-order valence-corrected chi connectivity index (χ2v) is 8.36. The summed E-state index contributed by atoms with van der Waals surface area (Å²) in [5.74, 6) is 0. The summed E-state index contributed by atoms with van der Waals surface area (Å²) in [7, 11) is 0. The number of fused-ring (bicyclic) bond motifs is 2. The Morgan fingerprint density at radius 1 is 0.588 bits per heavy atom. The maximum absolute atomic E-state index is 12.0. The summed E-state index contributed by atoms with van der Waals surface area (Å²) >= 11 is 0. The molecule has 0 aliphatic heterocycles. The average Bonchev–Trinajstić information content (AvgIpc) is 3.30. The highest BCUT2D eigenvalue weighted by atomic mass is 16.6. The largest absolute Gasteiger partial charge is 0.323 e. The summed E-state index contributed by atoms with van der Waals surface area (Å²) in [6.07, 6.45) is 4.23. The van der Waals surface area contributed by atoms with Crippen LogP contribution in [0.4, 0.5) is 5.69 Å². The number of nitro groups is 1. The van der Waals surface area contributed by atoms with Crippen molar-refractivity contribution >= 4 is 27.2 Å². The third-order valence-corrected chi connectivity index (χ3v) is 6.29. The fourth-order valence-electron chi connectivity index (χ4n) is 4.63. The summed E-state index contributed by atoms with van der Waals surface area (Å²) in [6.45, 7) is 0. The molecule has 1 heterocycles. The van der Waals surface area contributed by atoms with E-state index in [0.717, 1.165) is 43.9 Å². The van der Waals surface area contributed by atoms with Gasteiger partial charge in [0.25, 0.3) is 5.69 Å². The summed E-state index contributed by atoms with van der Waals surface area (Å²) in [5.41, 5.74) is 4.66. The Kier molecular flexibility index (Phi) is 4.70. The number of benzene rings is 5. The van der Waals surface area contributed by atoms with Crippen molar-refractivity contribution in [3.05, 3.63) is 132 Å². The molecule has 0 aliphatic carbocycles. The predicted octanol–water partition coefficient (Wildman–Crippen LogP) is 8.03. The predicted molar refractivity (Wildman–Crippen MR) is 138 cm³/mol. The van der Waals surface area contributed by atoms with Gasteiger partial charge < -0.3 is 4.57 Å². The first-order valence-electron chi connectivity index (χ1n) is 11.1. The maximum Gasteiger partial charge on any atom is 0.277 e. The van der Waals surface area contributed by atoms with Crippen LogP contribution in [0, 0.1) is 10.1 Å². The van der Waals surface area contributed by atoms with Gasteiger partial charge in [0, 0.05) is 34.9 Å². The van der Waals surface area contributed by atoms with Crippen molar-refractivity contribution < 1.29 is 4.92 Å². The Bertz CT molecular complexity index is 1670. The van der Waals surface area contributed by atoms with Crippen molar-refractivity contribution in [2.75, 3.05) is 0 Å². The van der Waals surface area contributed by atoms with Gasteiger partial charge >= 0.3 is 0 Å². The molecule has 162 valence electrons. The lowest BCUT2D eigenvalue weighted by molar-refractivity contribution is -0.384. The van der Waals surface area contributed by atoms with Gasteiger partial charge in [-0.15, -0.1) is 0 Å². The van der Waals surface area contributed by atoms with Gasteiger partial charge in [0.1, 0.15) is 0 Å². The van der Waals surface area contributed by atoms with Crippen LogP contribution in [0.2, 0.25) is 0 Å². The molecule has 5 aromatic carbocycles. The highest BCUT2D eigenvalue weighted by molar-refractivity contribution is 6.06. The molecular formula is C30H20N2O2. The fraction of sp³-hybridized carbons (Fsp3) is 0. The topological polar surface area (TPSA) is 48.1 Å². The molecule has 0 N–H and O–H groups in total. The van der Waals surface area contributed by atoms with E-state index in [1.807, 2.05) is 72.8 Å². The number of rotatable bonds is 4. The molecule has 0 saturated carbocycles. The number of hydrogen-bond acceptors (Lipinski definition) is 2. The van der Waals surface area contributed by atoms with E-state index in [2.05, 4.69) is 47.3 Å².